The van der Waals surface area contributed by atoms with Gasteiger partial charge < -0.3 is 19.9 Å². The Bertz CT molecular complexity index is 1190. The van der Waals surface area contributed by atoms with E-state index in [9.17, 15) is 4.79 Å². The van der Waals surface area contributed by atoms with E-state index in [1.165, 1.54) is 17.0 Å². The fourth-order valence-electron chi connectivity index (χ4n) is 3.69. The number of H-pyrrole nitrogens is 1. The van der Waals surface area contributed by atoms with Crippen LogP contribution < -0.4 is 15.8 Å². The summed E-state index contributed by atoms with van der Waals surface area (Å²) in [6.07, 6.45) is 0. The van der Waals surface area contributed by atoms with E-state index in [4.69, 9.17) is 9.72 Å². The van der Waals surface area contributed by atoms with Crippen LogP contribution in [-0.4, -0.2) is 36.3 Å². The highest BCUT2D eigenvalue weighted by atomic mass is 32.1. The Morgan fingerprint density at radius 1 is 1.17 bits per heavy atom. The van der Waals surface area contributed by atoms with Gasteiger partial charge >= 0.3 is 0 Å². The number of fused-ring (bicyclic) bond motifs is 1. The summed E-state index contributed by atoms with van der Waals surface area (Å²) in [5, 5.41) is 8.16. The van der Waals surface area contributed by atoms with Crippen molar-refractivity contribution >= 4 is 44.3 Å². The topological polar surface area (TPSA) is 70.2 Å². The van der Waals surface area contributed by atoms with E-state index in [0.29, 0.717) is 11.2 Å². The lowest BCUT2D eigenvalue weighted by Crippen LogP contribution is -2.36. The summed E-state index contributed by atoms with van der Waals surface area (Å²) in [4.78, 5) is 24.7. The van der Waals surface area contributed by atoms with Gasteiger partial charge in [0.1, 0.15) is 10.7 Å². The Kier molecular flexibility index (Phi) is 5.28. The zero-order valence-corrected chi connectivity index (χ0v) is 18.2. The number of morpholine rings is 1. The number of hydrogen-bond donors (Lipinski definition) is 2. The molecule has 1 aromatic carbocycles. The molecule has 4 aromatic rings. The van der Waals surface area contributed by atoms with Gasteiger partial charge in [0.2, 0.25) is 0 Å². The summed E-state index contributed by atoms with van der Waals surface area (Å²) in [6, 6.07) is 12.3. The van der Waals surface area contributed by atoms with Gasteiger partial charge in [-0.15, -0.1) is 22.7 Å². The third-order valence-corrected chi connectivity index (χ3v) is 7.06. The van der Waals surface area contributed by atoms with Gasteiger partial charge in [0.15, 0.2) is 0 Å². The van der Waals surface area contributed by atoms with E-state index < -0.39 is 0 Å². The molecule has 5 rings (SSSR count). The monoisotopic (exact) mass is 438 g/mol. The van der Waals surface area contributed by atoms with Crippen LogP contribution in [-0.2, 0) is 4.74 Å². The van der Waals surface area contributed by atoms with E-state index in [2.05, 4.69) is 39.5 Å². The largest absolute Gasteiger partial charge is 0.378 e. The molecule has 3 aromatic heterocycles. The van der Waals surface area contributed by atoms with Crippen LogP contribution >= 0.6 is 22.7 Å². The number of hydrogen-bond acceptors (Lipinski definition) is 7. The Balaban J connectivity index is 1.36. The van der Waals surface area contributed by atoms with Crippen LogP contribution in [0.25, 0.3) is 20.7 Å². The fourth-order valence-corrected chi connectivity index (χ4v) is 5.46. The zero-order valence-electron chi connectivity index (χ0n) is 16.6. The number of nitrogens with zero attached hydrogens (tertiary/aromatic N) is 2. The Morgan fingerprint density at radius 3 is 2.70 bits per heavy atom. The van der Waals surface area contributed by atoms with Gasteiger partial charge in [0.25, 0.3) is 5.56 Å². The number of nitrogens with one attached hydrogen (secondary N) is 2. The number of aromatic amines is 1. The molecule has 1 aliphatic heterocycles. The van der Waals surface area contributed by atoms with Crippen molar-refractivity contribution < 1.29 is 4.74 Å². The fraction of sp³-hybridized carbons (Fsp3) is 0.273. The van der Waals surface area contributed by atoms with E-state index in [-0.39, 0.29) is 11.6 Å². The zero-order chi connectivity index (χ0) is 20.5. The lowest BCUT2D eigenvalue weighted by Gasteiger charge is -2.29. The number of thiophene rings is 2. The number of aromatic nitrogens is 2. The summed E-state index contributed by atoms with van der Waals surface area (Å²) >= 11 is 3.15. The van der Waals surface area contributed by atoms with Gasteiger partial charge in [-0.3, -0.25) is 4.79 Å². The van der Waals surface area contributed by atoms with E-state index in [1.807, 2.05) is 29.8 Å². The molecule has 1 unspecified atom stereocenters. The molecule has 0 aliphatic carbocycles. The summed E-state index contributed by atoms with van der Waals surface area (Å²) < 4.78 is 5.42. The van der Waals surface area contributed by atoms with Gasteiger partial charge in [0, 0.05) is 40.3 Å². The SMILES string of the molecule is CC(Nc1ccc(N2CCOCC2)cc1)c1nc2scc(-c3cccs3)c2c(=O)[nH]1. The minimum atomic E-state index is -0.122. The molecule has 6 nitrogen and oxygen atoms in total. The molecule has 0 saturated carbocycles. The van der Waals surface area contributed by atoms with Gasteiger partial charge in [0.05, 0.1) is 24.6 Å². The smallest absolute Gasteiger partial charge is 0.260 e. The first kappa shape index (κ1) is 19.3. The number of benzene rings is 1. The van der Waals surface area contributed by atoms with Crippen LogP contribution in [0.4, 0.5) is 11.4 Å². The molecular formula is C22H22N4O2S2. The highest BCUT2D eigenvalue weighted by molar-refractivity contribution is 7.18. The summed E-state index contributed by atoms with van der Waals surface area (Å²) in [5.74, 6) is 0.643. The average molecular weight is 439 g/mol. The molecule has 4 heterocycles. The second-order valence-electron chi connectivity index (χ2n) is 7.27. The Hall–Kier alpha value is -2.68. The van der Waals surface area contributed by atoms with Crippen molar-refractivity contribution in [3.05, 3.63) is 63.3 Å². The molecule has 0 radical (unpaired) electrons. The molecular weight excluding hydrogens is 416 g/mol. The first-order valence-electron chi connectivity index (χ1n) is 9.93. The van der Waals surface area contributed by atoms with Crippen LogP contribution in [0.15, 0.2) is 52.0 Å². The van der Waals surface area contributed by atoms with Crippen molar-refractivity contribution in [2.75, 3.05) is 36.5 Å². The standard InChI is InChI=1S/C22H22N4O2S2/c1-14(23-15-4-6-16(7-5-15)26-8-10-28-11-9-26)20-24-21(27)19-17(13-30-22(19)25-20)18-3-2-12-29-18/h2-7,12-14,23H,8-11H2,1H3,(H,24,25,27). The maximum atomic E-state index is 12.8. The summed E-state index contributed by atoms with van der Waals surface area (Å²) in [7, 11) is 0. The molecule has 0 spiro atoms. The molecule has 1 atom stereocenters. The van der Waals surface area contributed by atoms with Gasteiger partial charge in [-0.25, -0.2) is 4.98 Å². The van der Waals surface area contributed by atoms with E-state index in [1.54, 1.807) is 11.3 Å². The van der Waals surface area contributed by atoms with Crippen LogP contribution in [0.2, 0.25) is 0 Å². The first-order valence-corrected chi connectivity index (χ1v) is 11.7. The summed E-state index contributed by atoms with van der Waals surface area (Å²) in [5.41, 5.74) is 3.07. The van der Waals surface area contributed by atoms with Crippen molar-refractivity contribution in [1.29, 1.82) is 0 Å². The molecule has 8 heteroatoms. The summed E-state index contributed by atoms with van der Waals surface area (Å²) in [6.45, 7) is 5.39. The molecule has 154 valence electrons. The van der Waals surface area contributed by atoms with Gasteiger partial charge in [-0.2, -0.15) is 0 Å². The van der Waals surface area contributed by atoms with E-state index in [0.717, 1.165) is 47.3 Å². The van der Waals surface area contributed by atoms with Crippen LogP contribution in [0.5, 0.6) is 0 Å². The minimum Gasteiger partial charge on any atom is -0.378 e. The maximum absolute atomic E-state index is 12.8. The van der Waals surface area contributed by atoms with Crippen molar-refractivity contribution in [3.63, 3.8) is 0 Å². The molecule has 1 fully saturated rings. The van der Waals surface area contributed by atoms with Crippen LogP contribution in [0.1, 0.15) is 18.8 Å². The van der Waals surface area contributed by atoms with Gasteiger partial charge in [-0.05, 0) is 42.6 Å². The number of ether oxygens (including phenoxy) is 1. The average Bonchev–Trinajstić information content (AvgIpc) is 3.45. The van der Waals surface area contributed by atoms with Crippen molar-refractivity contribution in [3.8, 4) is 10.4 Å². The van der Waals surface area contributed by atoms with Crippen molar-refractivity contribution in [2.45, 2.75) is 13.0 Å². The Labute approximate surface area is 182 Å². The quantitative estimate of drug-likeness (QED) is 0.472. The lowest BCUT2D eigenvalue weighted by atomic mass is 10.2. The van der Waals surface area contributed by atoms with Crippen molar-refractivity contribution in [2.24, 2.45) is 0 Å². The highest BCUT2D eigenvalue weighted by Gasteiger charge is 2.17. The predicted molar refractivity (Wildman–Crippen MR) is 125 cm³/mol. The third-order valence-electron chi connectivity index (χ3n) is 5.29. The molecule has 0 amide bonds. The first-order chi connectivity index (χ1) is 14.7. The minimum absolute atomic E-state index is 0.0871. The number of rotatable bonds is 5. The molecule has 0 bridgehead atoms. The lowest BCUT2D eigenvalue weighted by molar-refractivity contribution is 0.122. The second-order valence-corrected chi connectivity index (χ2v) is 9.08. The predicted octanol–water partition coefficient (Wildman–Crippen LogP) is 4.72. The Morgan fingerprint density at radius 2 is 1.97 bits per heavy atom. The second kappa shape index (κ2) is 8.22. The molecule has 2 N–H and O–H groups in total. The molecule has 1 aliphatic rings. The normalized spacial score (nSPS) is 15.4. The molecule has 1 saturated heterocycles. The van der Waals surface area contributed by atoms with Gasteiger partial charge in [-0.1, -0.05) is 6.07 Å². The molecule has 30 heavy (non-hydrogen) atoms. The van der Waals surface area contributed by atoms with Crippen molar-refractivity contribution in [1.82, 2.24) is 9.97 Å². The number of anilines is 2. The van der Waals surface area contributed by atoms with Crippen LogP contribution in [0, 0.1) is 0 Å². The third kappa shape index (κ3) is 3.74. The maximum Gasteiger partial charge on any atom is 0.260 e. The van der Waals surface area contributed by atoms with Crippen LogP contribution in [0.3, 0.4) is 0 Å². The van der Waals surface area contributed by atoms with E-state index >= 15 is 0 Å². The highest BCUT2D eigenvalue weighted by Crippen LogP contribution is 2.34.